The topological polar surface area (TPSA) is 74.2 Å². The van der Waals surface area contributed by atoms with E-state index in [2.05, 4.69) is 11.6 Å². The lowest BCUT2D eigenvalue weighted by atomic mass is 10.00. The molecule has 0 aromatic rings. The highest BCUT2D eigenvalue weighted by Gasteiger charge is 2.32. The van der Waals surface area contributed by atoms with Crippen molar-refractivity contribution in [1.82, 2.24) is 0 Å². The molecule has 0 aromatic carbocycles. The Morgan fingerprint density at radius 2 is 1.95 bits per heavy atom. The maximum atomic E-state index is 11.9. The molecule has 0 saturated carbocycles. The first-order valence-corrected chi connectivity index (χ1v) is 7.65. The lowest BCUT2D eigenvalue weighted by Crippen LogP contribution is -2.35. The van der Waals surface area contributed by atoms with E-state index in [1.54, 1.807) is 19.9 Å². The molecular formula is C16H25NO5. The van der Waals surface area contributed by atoms with Gasteiger partial charge in [-0.15, -0.1) is 0 Å². The molecule has 0 bridgehead atoms. The van der Waals surface area contributed by atoms with E-state index in [4.69, 9.17) is 14.2 Å². The molecule has 1 atom stereocenters. The fourth-order valence-electron chi connectivity index (χ4n) is 2.11. The van der Waals surface area contributed by atoms with E-state index in [1.807, 2.05) is 6.92 Å². The molecule has 22 heavy (non-hydrogen) atoms. The summed E-state index contributed by atoms with van der Waals surface area (Å²) in [5, 5.41) is 0. The molecule has 0 radical (unpaired) electrons. The third-order valence-electron chi connectivity index (χ3n) is 3.47. The van der Waals surface area contributed by atoms with Crippen LogP contribution in [-0.4, -0.2) is 43.2 Å². The second-order valence-corrected chi connectivity index (χ2v) is 5.24. The minimum absolute atomic E-state index is 0.223. The van der Waals surface area contributed by atoms with Crippen molar-refractivity contribution in [2.75, 3.05) is 19.8 Å². The van der Waals surface area contributed by atoms with Gasteiger partial charge in [-0.3, -0.25) is 14.6 Å². The molecule has 1 aliphatic rings. The molecule has 124 valence electrons. The molecule has 0 N–H and O–H groups in total. The molecule has 6 heteroatoms. The molecule has 0 spiro atoms. The average Bonchev–Trinajstić information content (AvgIpc) is 2.48. The Kier molecular flexibility index (Phi) is 7.08. The van der Waals surface area contributed by atoms with Crippen molar-refractivity contribution >= 4 is 17.8 Å². The molecular weight excluding hydrogens is 286 g/mol. The van der Waals surface area contributed by atoms with Gasteiger partial charge in [-0.2, -0.15) is 0 Å². The Balaban J connectivity index is 2.66. The van der Waals surface area contributed by atoms with Crippen LogP contribution in [0.2, 0.25) is 0 Å². The fourth-order valence-corrected chi connectivity index (χ4v) is 2.11. The Morgan fingerprint density at radius 1 is 1.36 bits per heavy atom. The number of carbonyl (C=O) groups is 2. The predicted molar refractivity (Wildman–Crippen MR) is 82.6 cm³/mol. The highest BCUT2D eigenvalue weighted by molar-refractivity contribution is 5.95. The second-order valence-electron chi connectivity index (χ2n) is 5.24. The maximum absolute atomic E-state index is 11.9. The van der Waals surface area contributed by atoms with Gasteiger partial charge in [0.15, 0.2) is 11.8 Å². The fraction of sp³-hybridized carbons (Fsp3) is 0.688. The zero-order valence-corrected chi connectivity index (χ0v) is 13.6. The maximum Gasteiger partial charge on any atom is 0.320 e. The predicted octanol–water partition coefficient (Wildman–Crippen LogP) is 2.27. The third-order valence-corrected chi connectivity index (χ3v) is 3.47. The quantitative estimate of drug-likeness (QED) is 0.390. The van der Waals surface area contributed by atoms with E-state index in [1.165, 1.54) is 0 Å². The van der Waals surface area contributed by atoms with Gasteiger partial charge in [-0.25, -0.2) is 0 Å². The van der Waals surface area contributed by atoms with Crippen LogP contribution in [0.25, 0.3) is 0 Å². The molecule has 1 unspecified atom stereocenters. The van der Waals surface area contributed by atoms with Crippen LogP contribution >= 0.6 is 0 Å². The number of nitrogens with zero attached hydrogens (tertiary/aromatic N) is 1. The minimum Gasteiger partial charge on any atom is -0.471 e. The number of rotatable bonds is 8. The van der Waals surface area contributed by atoms with Gasteiger partial charge in [0.1, 0.15) is 5.60 Å². The first-order valence-electron chi connectivity index (χ1n) is 7.65. The SMILES string of the molecule is C=CC1(C)CCN=C(CCC(C(=O)OCC)C(=O)OCC)O1. The Morgan fingerprint density at radius 3 is 2.45 bits per heavy atom. The van der Waals surface area contributed by atoms with E-state index in [9.17, 15) is 9.59 Å². The van der Waals surface area contributed by atoms with Gasteiger partial charge in [-0.05, 0) is 33.3 Å². The second kappa shape index (κ2) is 8.56. The van der Waals surface area contributed by atoms with Gasteiger partial charge in [-0.1, -0.05) is 6.58 Å². The summed E-state index contributed by atoms with van der Waals surface area (Å²) in [5.41, 5.74) is -0.444. The Bertz CT molecular complexity index is 428. The summed E-state index contributed by atoms with van der Waals surface area (Å²) in [5.74, 6) is -1.54. The molecule has 1 aliphatic heterocycles. The highest BCUT2D eigenvalue weighted by Crippen LogP contribution is 2.24. The molecule has 0 saturated heterocycles. The van der Waals surface area contributed by atoms with E-state index in [-0.39, 0.29) is 19.6 Å². The molecule has 0 aromatic heterocycles. The number of aliphatic imine (C=N–C) groups is 1. The molecule has 0 fully saturated rings. The van der Waals surface area contributed by atoms with Gasteiger partial charge in [0.25, 0.3) is 0 Å². The van der Waals surface area contributed by atoms with Crippen LogP contribution in [0.3, 0.4) is 0 Å². The van der Waals surface area contributed by atoms with Gasteiger partial charge < -0.3 is 14.2 Å². The van der Waals surface area contributed by atoms with Crippen molar-refractivity contribution in [2.45, 2.75) is 45.6 Å². The Labute approximate surface area is 131 Å². The third kappa shape index (κ3) is 5.16. The van der Waals surface area contributed by atoms with Crippen LogP contribution in [0.15, 0.2) is 17.6 Å². The van der Waals surface area contributed by atoms with Gasteiger partial charge in [0.2, 0.25) is 0 Å². The monoisotopic (exact) mass is 311 g/mol. The van der Waals surface area contributed by atoms with Gasteiger partial charge in [0, 0.05) is 19.4 Å². The zero-order chi connectivity index (χ0) is 16.6. The van der Waals surface area contributed by atoms with Gasteiger partial charge in [0.05, 0.1) is 13.2 Å². The number of ether oxygens (including phenoxy) is 3. The largest absolute Gasteiger partial charge is 0.471 e. The van der Waals surface area contributed by atoms with Crippen LogP contribution in [0.1, 0.15) is 40.0 Å². The summed E-state index contributed by atoms with van der Waals surface area (Å²) in [6.07, 6.45) is 3.14. The summed E-state index contributed by atoms with van der Waals surface area (Å²) in [7, 11) is 0. The first kappa shape index (κ1) is 18.2. The van der Waals surface area contributed by atoms with Crippen molar-refractivity contribution in [1.29, 1.82) is 0 Å². The van der Waals surface area contributed by atoms with Crippen LogP contribution in [0, 0.1) is 5.92 Å². The molecule has 6 nitrogen and oxygen atoms in total. The average molecular weight is 311 g/mol. The number of hydrogen-bond acceptors (Lipinski definition) is 6. The standard InChI is InChI=1S/C16H25NO5/c1-5-16(4)10-11-17-13(22-16)9-8-12(14(18)20-6-2)15(19)21-7-3/h5,12H,1,6-11H2,2-4H3. The summed E-state index contributed by atoms with van der Waals surface area (Å²) in [4.78, 5) is 28.1. The number of esters is 2. The van der Waals surface area contributed by atoms with E-state index >= 15 is 0 Å². The van der Waals surface area contributed by atoms with E-state index < -0.39 is 23.5 Å². The Hall–Kier alpha value is -1.85. The summed E-state index contributed by atoms with van der Waals surface area (Å²) >= 11 is 0. The normalized spacial score (nSPS) is 20.8. The summed E-state index contributed by atoms with van der Waals surface area (Å²) in [6, 6.07) is 0. The molecule has 0 amide bonds. The zero-order valence-electron chi connectivity index (χ0n) is 13.6. The first-order chi connectivity index (χ1) is 10.5. The minimum atomic E-state index is -0.942. The van der Waals surface area contributed by atoms with Crippen LogP contribution in [-0.2, 0) is 23.8 Å². The van der Waals surface area contributed by atoms with E-state index in [0.717, 1.165) is 6.42 Å². The van der Waals surface area contributed by atoms with Crippen molar-refractivity contribution in [3.8, 4) is 0 Å². The van der Waals surface area contributed by atoms with Crippen LogP contribution < -0.4 is 0 Å². The van der Waals surface area contributed by atoms with Crippen molar-refractivity contribution in [3.05, 3.63) is 12.7 Å². The van der Waals surface area contributed by atoms with Crippen LogP contribution in [0.4, 0.5) is 0 Å². The van der Waals surface area contributed by atoms with E-state index in [0.29, 0.717) is 18.9 Å². The summed E-state index contributed by atoms with van der Waals surface area (Å²) in [6.45, 7) is 10.2. The van der Waals surface area contributed by atoms with Crippen molar-refractivity contribution in [2.24, 2.45) is 10.9 Å². The number of hydrogen-bond donors (Lipinski definition) is 0. The highest BCUT2D eigenvalue weighted by atomic mass is 16.6. The number of carbonyl (C=O) groups excluding carboxylic acids is 2. The van der Waals surface area contributed by atoms with Crippen molar-refractivity contribution < 1.29 is 23.8 Å². The van der Waals surface area contributed by atoms with Crippen LogP contribution in [0.5, 0.6) is 0 Å². The lowest BCUT2D eigenvalue weighted by Gasteiger charge is -2.31. The van der Waals surface area contributed by atoms with Gasteiger partial charge >= 0.3 is 11.9 Å². The molecule has 1 heterocycles. The van der Waals surface area contributed by atoms with Crippen molar-refractivity contribution in [3.63, 3.8) is 0 Å². The molecule has 0 aliphatic carbocycles. The smallest absolute Gasteiger partial charge is 0.320 e. The summed E-state index contributed by atoms with van der Waals surface area (Å²) < 4.78 is 15.7. The molecule has 1 rings (SSSR count). The lowest BCUT2D eigenvalue weighted by molar-refractivity contribution is -0.161.